The van der Waals surface area contributed by atoms with Gasteiger partial charge in [-0.3, -0.25) is 4.79 Å². The molecule has 112 valence electrons. The van der Waals surface area contributed by atoms with Crippen LogP contribution in [0.15, 0.2) is 30.3 Å². The molecule has 3 nitrogen and oxygen atoms in total. The van der Waals surface area contributed by atoms with Crippen LogP contribution in [0.2, 0.25) is 0 Å². The molecule has 0 heterocycles. The highest BCUT2D eigenvalue weighted by Crippen LogP contribution is 2.27. The molecular formula is C16H24BrNO2. The molecule has 0 saturated carbocycles. The largest absolute Gasteiger partial charge is 0.383 e. The number of ether oxygens (including phenoxy) is 1. The molecule has 20 heavy (non-hydrogen) atoms. The van der Waals surface area contributed by atoms with Gasteiger partial charge in [0.1, 0.15) is 0 Å². The monoisotopic (exact) mass is 341 g/mol. The molecule has 0 aromatic heterocycles. The third-order valence-corrected chi connectivity index (χ3v) is 4.09. The van der Waals surface area contributed by atoms with E-state index in [2.05, 4.69) is 35.1 Å². The first-order valence-electron chi connectivity index (χ1n) is 7.05. The lowest BCUT2D eigenvalue weighted by atomic mass is 9.85. The SMILES string of the molecule is CCC(C)C(C(=O)NCC(Br)COC)c1ccccc1. The summed E-state index contributed by atoms with van der Waals surface area (Å²) in [5.74, 6) is 0.308. The van der Waals surface area contributed by atoms with Crippen molar-refractivity contribution in [2.45, 2.75) is 31.0 Å². The number of rotatable bonds is 8. The van der Waals surface area contributed by atoms with Crippen molar-refractivity contribution in [1.29, 1.82) is 0 Å². The van der Waals surface area contributed by atoms with Crippen molar-refractivity contribution in [2.24, 2.45) is 5.92 Å². The van der Waals surface area contributed by atoms with Crippen LogP contribution in [0.25, 0.3) is 0 Å². The first-order valence-corrected chi connectivity index (χ1v) is 7.97. The number of methoxy groups -OCH3 is 1. The predicted octanol–water partition coefficient (Wildman–Crippen LogP) is 3.34. The van der Waals surface area contributed by atoms with Crippen molar-refractivity contribution in [3.8, 4) is 0 Å². The number of nitrogens with one attached hydrogen (secondary N) is 1. The normalized spacial score (nSPS) is 15.4. The lowest BCUT2D eigenvalue weighted by Crippen LogP contribution is -2.37. The average Bonchev–Trinajstić information content (AvgIpc) is 2.46. The van der Waals surface area contributed by atoms with Crippen molar-refractivity contribution < 1.29 is 9.53 Å². The Morgan fingerprint density at radius 3 is 2.55 bits per heavy atom. The Kier molecular flexibility index (Phi) is 7.85. The summed E-state index contributed by atoms with van der Waals surface area (Å²) < 4.78 is 5.05. The molecule has 3 atom stereocenters. The van der Waals surface area contributed by atoms with E-state index in [1.165, 1.54) is 0 Å². The highest BCUT2D eigenvalue weighted by Gasteiger charge is 2.25. The number of amides is 1. The minimum atomic E-state index is -0.0940. The first-order chi connectivity index (χ1) is 9.60. The van der Waals surface area contributed by atoms with Gasteiger partial charge in [0.05, 0.1) is 17.4 Å². The third kappa shape index (κ3) is 5.25. The van der Waals surface area contributed by atoms with Gasteiger partial charge in [-0.2, -0.15) is 0 Å². The fourth-order valence-electron chi connectivity index (χ4n) is 2.20. The number of alkyl halides is 1. The smallest absolute Gasteiger partial charge is 0.227 e. The summed E-state index contributed by atoms with van der Waals surface area (Å²) in [6, 6.07) is 9.99. The summed E-state index contributed by atoms with van der Waals surface area (Å²) in [6.45, 7) is 5.40. The van der Waals surface area contributed by atoms with Crippen molar-refractivity contribution in [2.75, 3.05) is 20.3 Å². The minimum Gasteiger partial charge on any atom is -0.383 e. The van der Waals surface area contributed by atoms with Crippen molar-refractivity contribution in [3.63, 3.8) is 0 Å². The lowest BCUT2D eigenvalue weighted by Gasteiger charge is -2.23. The fraction of sp³-hybridized carbons (Fsp3) is 0.562. The molecule has 0 aliphatic carbocycles. The van der Waals surface area contributed by atoms with Crippen LogP contribution in [0, 0.1) is 5.92 Å². The van der Waals surface area contributed by atoms with E-state index in [0.29, 0.717) is 19.1 Å². The van der Waals surface area contributed by atoms with Gasteiger partial charge in [0, 0.05) is 13.7 Å². The van der Waals surface area contributed by atoms with E-state index in [1.54, 1.807) is 7.11 Å². The van der Waals surface area contributed by atoms with Crippen molar-refractivity contribution in [3.05, 3.63) is 35.9 Å². The molecule has 1 amide bonds. The molecule has 0 bridgehead atoms. The maximum atomic E-state index is 12.5. The summed E-state index contributed by atoms with van der Waals surface area (Å²) in [7, 11) is 1.65. The van der Waals surface area contributed by atoms with E-state index in [0.717, 1.165) is 12.0 Å². The summed E-state index contributed by atoms with van der Waals surface area (Å²) >= 11 is 3.49. The molecule has 0 saturated heterocycles. The Labute approximate surface area is 130 Å². The quantitative estimate of drug-likeness (QED) is 0.736. The van der Waals surface area contributed by atoms with Gasteiger partial charge in [-0.05, 0) is 11.5 Å². The topological polar surface area (TPSA) is 38.3 Å². The highest BCUT2D eigenvalue weighted by atomic mass is 79.9. The number of carbonyl (C=O) groups excluding carboxylic acids is 1. The van der Waals surface area contributed by atoms with Gasteiger partial charge >= 0.3 is 0 Å². The standard InChI is InChI=1S/C16H24BrNO2/c1-4-12(2)15(13-8-6-5-7-9-13)16(19)18-10-14(17)11-20-3/h5-9,12,14-15H,4,10-11H2,1-3H3,(H,18,19). The lowest BCUT2D eigenvalue weighted by molar-refractivity contribution is -0.123. The number of hydrogen-bond donors (Lipinski definition) is 1. The molecule has 3 unspecified atom stereocenters. The molecule has 1 N–H and O–H groups in total. The van der Waals surface area contributed by atoms with Gasteiger partial charge in [-0.1, -0.05) is 66.5 Å². The Morgan fingerprint density at radius 1 is 1.35 bits per heavy atom. The van der Waals surface area contributed by atoms with E-state index >= 15 is 0 Å². The summed E-state index contributed by atoms with van der Waals surface area (Å²) in [5.41, 5.74) is 1.08. The van der Waals surface area contributed by atoms with Gasteiger partial charge < -0.3 is 10.1 Å². The van der Waals surface area contributed by atoms with Crippen LogP contribution in [0.4, 0.5) is 0 Å². The zero-order valence-electron chi connectivity index (χ0n) is 12.4. The highest BCUT2D eigenvalue weighted by molar-refractivity contribution is 9.09. The van der Waals surface area contributed by atoms with Gasteiger partial charge in [0.25, 0.3) is 0 Å². The molecule has 1 rings (SSSR count). The second-order valence-corrected chi connectivity index (χ2v) is 6.37. The Hall–Kier alpha value is -0.870. The van der Waals surface area contributed by atoms with E-state index < -0.39 is 0 Å². The Morgan fingerprint density at radius 2 is 2.00 bits per heavy atom. The second-order valence-electron chi connectivity index (χ2n) is 5.07. The zero-order valence-corrected chi connectivity index (χ0v) is 14.0. The van der Waals surface area contributed by atoms with Crippen molar-refractivity contribution in [1.82, 2.24) is 5.32 Å². The van der Waals surface area contributed by atoms with E-state index in [9.17, 15) is 4.79 Å². The Bertz CT molecular complexity index is 397. The number of benzene rings is 1. The van der Waals surface area contributed by atoms with Crippen LogP contribution >= 0.6 is 15.9 Å². The van der Waals surface area contributed by atoms with E-state index in [4.69, 9.17) is 4.74 Å². The van der Waals surface area contributed by atoms with Crippen LogP contribution in [-0.2, 0) is 9.53 Å². The third-order valence-electron chi connectivity index (χ3n) is 3.50. The van der Waals surface area contributed by atoms with Crippen molar-refractivity contribution >= 4 is 21.8 Å². The molecule has 4 heteroatoms. The van der Waals surface area contributed by atoms with Crippen LogP contribution in [0.3, 0.4) is 0 Å². The molecular weight excluding hydrogens is 318 g/mol. The number of halogens is 1. The molecule has 0 radical (unpaired) electrons. The second kappa shape index (κ2) is 9.14. The maximum Gasteiger partial charge on any atom is 0.227 e. The molecule has 0 spiro atoms. The average molecular weight is 342 g/mol. The number of carbonyl (C=O) groups is 1. The number of hydrogen-bond acceptors (Lipinski definition) is 2. The molecule has 0 aliphatic rings. The summed E-state index contributed by atoms with van der Waals surface area (Å²) in [4.78, 5) is 12.6. The van der Waals surface area contributed by atoms with Gasteiger partial charge in [0.15, 0.2) is 0 Å². The van der Waals surface area contributed by atoms with Crippen LogP contribution in [0.1, 0.15) is 31.7 Å². The fourth-order valence-corrected chi connectivity index (χ4v) is 2.62. The Balaban J connectivity index is 2.71. The van der Waals surface area contributed by atoms with Crippen LogP contribution in [-0.4, -0.2) is 31.0 Å². The predicted molar refractivity (Wildman–Crippen MR) is 86.2 cm³/mol. The van der Waals surface area contributed by atoms with Crippen LogP contribution in [0.5, 0.6) is 0 Å². The summed E-state index contributed by atoms with van der Waals surface area (Å²) in [6.07, 6.45) is 0.975. The zero-order chi connectivity index (χ0) is 15.0. The maximum absolute atomic E-state index is 12.5. The van der Waals surface area contributed by atoms with E-state index in [1.807, 2.05) is 30.3 Å². The molecule has 0 aliphatic heterocycles. The molecule has 1 aromatic rings. The van der Waals surface area contributed by atoms with Gasteiger partial charge in [-0.25, -0.2) is 0 Å². The summed E-state index contributed by atoms with van der Waals surface area (Å²) in [5, 5.41) is 3.02. The van der Waals surface area contributed by atoms with Crippen LogP contribution < -0.4 is 5.32 Å². The molecule has 1 aromatic carbocycles. The first kappa shape index (κ1) is 17.2. The van der Waals surface area contributed by atoms with Gasteiger partial charge in [0.2, 0.25) is 5.91 Å². The van der Waals surface area contributed by atoms with Gasteiger partial charge in [-0.15, -0.1) is 0 Å². The molecule has 0 fully saturated rings. The minimum absolute atomic E-state index is 0.0890. The van der Waals surface area contributed by atoms with E-state index in [-0.39, 0.29) is 16.7 Å².